The van der Waals surface area contributed by atoms with Crippen LogP contribution in [-0.4, -0.2) is 22.4 Å². The number of carboxylic acids is 1. The van der Waals surface area contributed by atoms with Gasteiger partial charge in [-0.1, -0.05) is 54.6 Å². The van der Waals surface area contributed by atoms with Crippen LogP contribution >= 0.6 is 0 Å². The van der Waals surface area contributed by atoms with Crippen molar-refractivity contribution < 1.29 is 44.2 Å². The van der Waals surface area contributed by atoms with Gasteiger partial charge in [0.1, 0.15) is 5.75 Å². The Morgan fingerprint density at radius 2 is 1.74 bits per heavy atom. The summed E-state index contributed by atoms with van der Waals surface area (Å²) in [5.41, 5.74) is 3.14. The Bertz CT molecular complexity index is 1140. The first-order valence-electron chi connectivity index (χ1n) is 10.1. The number of hydrogen-bond donors (Lipinski definition) is 0. The minimum absolute atomic E-state index is 0. The monoisotopic (exact) mass is 422 g/mol. The SMILES string of the molecule is O=C([O-])CCc1ccc(Cn2cccn2)cc1OCCc1ccc2ccccc2c1.[Na+]. The van der Waals surface area contributed by atoms with Crippen molar-refractivity contribution in [3.63, 3.8) is 0 Å². The topological polar surface area (TPSA) is 67.2 Å². The molecule has 1 aromatic heterocycles. The molecule has 0 spiro atoms. The molecule has 31 heavy (non-hydrogen) atoms. The number of aliphatic carboxylic acids is 1. The second kappa shape index (κ2) is 11.1. The maximum Gasteiger partial charge on any atom is 1.00 e. The summed E-state index contributed by atoms with van der Waals surface area (Å²) in [5.74, 6) is -0.334. The van der Waals surface area contributed by atoms with Gasteiger partial charge in [0.05, 0.1) is 13.2 Å². The summed E-state index contributed by atoms with van der Waals surface area (Å²) in [5, 5.41) is 17.6. The third-order valence-corrected chi connectivity index (χ3v) is 5.10. The minimum atomic E-state index is -1.06. The number of aryl methyl sites for hydroxylation is 1. The van der Waals surface area contributed by atoms with Crippen LogP contribution < -0.4 is 39.4 Å². The fourth-order valence-electron chi connectivity index (χ4n) is 3.53. The van der Waals surface area contributed by atoms with Crippen LogP contribution in [0.25, 0.3) is 10.8 Å². The van der Waals surface area contributed by atoms with E-state index in [1.54, 1.807) is 6.20 Å². The van der Waals surface area contributed by atoms with Gasteiger partial charge in [-0.2, -0.15) is 5.10 Å². The van der Waals surface area contributed by atoms with Gasteiger partial charge in [0.25, 0.3) is 0 Å². The molecule has 0 saturated heterocycles. The molecular weight excluding hydrogens is 399 g/mol. The smallest absolute Gasteiger partial charge is 0.550 e. The van der Waals surface area contributed by atoms with Crippen molar-refractivity contribution in [1.82, 2.24) is 9.78 Å². The fourth-order valence-corrected chi connectivity index (χ4v) is 3.53. The van der Waals surface area contributed by atoms with Crippen LogP contribution in [0.5, 0.6) is 5.75 Å². The third-order valence-electron chi connectivity index (χ3n) is 5.10. The number of nitrogens with zero attached hydrogens (tertiary/aromatic N) is 2. The van der Waals surface area contributed by atoms with Gasteiger partial charge < -0.3 is 14.6 Å². The molecule has 0 aliphatic heterocycles. The number of ether oxygens (including phenoxy) is 1. The molecule has 4 rings (SSSR count). The second-order valence-electron chi connectivity index (χ2n) is 7.30. The molecule has 0 radical (unpaired) electrons. The number of carbonyl (C=O) groups excluding carboxylic acids is 1. The van der Waals surface area contributed by atoms with Crippen LogP contribution in [0.3, 0.4) is 0 Å². The number of carbonyl (C=O) groups is 1. The van der Waals surface area contributed by atoms with Crippen molar-refractivity contribution in [2.75, 3.05) is 6.61 Å². The van der Waals surface area contributed by atoms with Crippen LogP contribution in [0, 0.1) is 0 Å². The molecule has 3 aromatic carbocycles. The quantitative estimate of drug-likeness (QED) is 0.366. The molecule has 0 aliphatic carbocycles. The summed E-state index contributed by atoms with van der Waals surface area (Å²) in [6, 6.07) is 22.5. The first kappa shape index (κ1) is 23.1. The van der Waals surface area contributed by atoms with Crippen LogP contribution in [0.1, 0.15) is 23.1 Å². The average Bonchev–Trinajstić information content (AvgIpc) is 3.26. The van der Waals surface area contributed by atoms with Crippen molar-refractivity contribution >= 4 is 16.7 Å². The molecule has 1 heterocycles. The maximum atomic E-state index is 10.9. The maximum absolute atomic E-state index is 10.9. The van der Waals surface area contributed by atoms with E-state index in [1.165, 1.54) is 16.3 Å². The standard InChI is InChI=1S/C25H24N2O3.Na/c28-25(29)11-10-22-9-7-20(18-27-14-3-13-26-27)17-24(22)30-15-12-19-6-8-21-4-1-2-5-23(21)16-19;/h1-9,13-14,16-17H,10-12,15,18H2,(H,28,29);/q;+1/p-1. The van der Waals surface area contributed by atoms with E-state index in [4.69, 9.17) is 4.74 Å². The molecule has 5 nitrogen and oxygen atoms in total. The first-order valence-corrected chi connectivity index (χ1v) is 10.1. The zero-order chi connectivity index (χ0) is 20.8. The molecule has 0 fully saturated rings. The molecule has 0 atom stereocenters. The average molecular weight is 422 g/mol. The second-order valence-corrected chi connectivity index (χ2v) is 7.30. The molecular formula is C25H23N2NaO3. The van der Waals surface area contributed by atoms with E-state index in [2.05, 4.69) is 35.4 Å². The number of carboxylic acid groups (broad SMARTS) is 1. The van der Waals surface area contributed by atoms with Gasteiger partial charge in [0.15, 0.2) is 0 Å². The van der Waals surface area contributed by atoms with Gasteiger partial charge in [-0.25, -0.2) is 0 Å². The van der Waals surface area contributed by atoms with E-state index in [0.29, 0.717) is 19.6 Å². The van der Waals surface area contributed by atoms with Crippen molar-refractivity contribution in [3.8, 4) is 5.75 Å². The van der Waals surface area contributed by atoms with Crippen LogP contribution in [-0.2, 0) is 24.2 Å². The van der Waals surface area contributed by atoms with Gasteiger partial charge in [-0.05, 0) is 52.4 Å². The number of hydrogen-bond acceptors (Lipinski definition) is 4. The van der Waals surface area contributed by atoms with Gasteiger partial charge in [-0.3, -0.25) is 4.68 Å². The Hall–Kier alpha value is -2.60. The van der Waals surface area contributed by atoms with Gasteiger partial charge in [0.2, 0.25) is 0 Å². The van der Waals surface area contributed by atoms with E-state index in [1.807, 2.05) is 47.3 Å². The third kappa shape index (κ3) is 6.44. The molecule has 0 bridgehead atoms. The van der Waals surface area contributed by atoms with Gasteiger partial charge in [0, 0.05) is 24.8 Å². The summed E-state index contributed by atoms with van der Waals surface area (Å²) in [6.45, 7) is 1.15. The van der Waals surface area contributed by atoms with E-state index < -0.39 is 5.97 Å². The van der Waals surface area contributed by atoms with Crippen molar-refractivity contribution in [2.24, 2.45) is 0 Å². The van der Waals surface area contributed by atoms with Crippen molar-refractivity contribution in [3.05, 3.63) is 95.8 Å². The molecule has 0 amide bonds. The number of aromatic nitrogens is 2. The predicted octanol–water partition coefficient (Wildman–Crippen LogP) is 0.393. The fraction of sp³-hybridized carbons (Fsp3) is 0.200. The normalized spacial score (nSPS) is 10.6. The van der Waals surface area contributed by atoms with E-state index in [0.717, 1.165) is 23.3 Å². The van der Waals surface area contributed by atoms with E-state index >= 15 is 0 Å². The molecule has 0 unspecified atom stereocenters. The number of benzene rings is 3. The van der Waals surface area contributed by atoms with Crippen molar-refractivity contribution in [2.45, 2.75) is 25.8 Å². The zero-order valence-electron chi connectivity index (χ0n) is 17.7. The van der Waals surface area contributed by atoms with Crippen LogP contribution in [0.4, 0.5) is 0 Å². The Morgan fingerprint density at radius 3 is 2.52 bits per heavy atom. The van der Waals surface area contributed by atoms with Gasteiger partial charge in [-0.15, -0.1) is 0 Å². The first-order chi connectivity index (χ1) is 14.7. The molecule has 152 valence electrons. The summed E-state index contributed by atoms with van der Waals surface area (Å²) >= 11 is 0. The molecule has 0 saturated carbocycles. The zero-order valence-corrected chi connectivity index (χ0v) is 19.7. The molecule has 0 aliphatic rings. The Labute approximate surface area is 204 Å². The largest absolute Gasteiger partial charge is 1.00 e. The summed E-state index contributed by atoms with van der Waals surface area (Å²) < 4.78 is 7.94. The van der Waals surface area contributed by atoms with Gasteiger partial charge >= 0.3 is 29.6 Å². The van der Waals surface area contributed by atoms with E-state index in [9.17, 15) is 9.90 Å². The predicted molar refractivity (Wildman–Crippen MR) is 114 cm³/mol. The van der Waals surface area contributed by atoms with E-state index in [-0.39, 0.29) is 36.0 Å². The molecule has 0 N–H and O–H groups in total. The summed E-state index contributed by atoms with van der Waals surface area (Å²) in [4.78, 5) is 10.9. The summed E-state index contributed by atoms with van der Waals surface area (Å²) in [6.07, 6.45) is 4.78. The van der Waals surface area contributed by atoms with Crippen LogP contribution in [0.15, 0.2) is 79.1 Å². The number of rotatable bonds is 9. The Morgan fingerprint density at radius 1 is 0.935 bits per heavy atom. The summed E-state index contributed by atoms with van der Waals surface area (Å²) in [7, 11) is 0. The molecule has 6 heteroatoms. The Kier molecular flexibility index (Phi) is 8.29. The minimum Gasteiger partial charge on any atom is -0.550 e. The molecule has 4 aromatic rings. The van der Waals surface area contributed by atoms with Crippen molar-refractivity contribution in [1.29, 1.82) is 0 Å². The Balaban J connectivity index is 0.00000272. The number of fused-ring (bicyclic) bond motifs is 1. The van der Waals surface area contributed by atoms with Crippen LogP contribution in [0.2, 0.25) is 0 Å².